The van der Waals surface area contributed by atoms with E-state index in [-0.39, 0.29) is 0 Å². The summed E-state index contributed by atoms with van der Waals surface area (Å²) in [5.74, 6) is 2.17. The standard InChI is InChI=1S/C13H19NO/c1-8(2)11-7-12-10(5-6-15-12)13(14-11)9(3)4/h5-6,8-9,11H,7H2,1-4H3. The Morgan fingerprint density at radius 1 is 1.33 bits per heavy atom. The smallest absolute Gasteiger partial charge is 0.114 e. The van der Waals surface area contributed by atoms with E-state index in [9.17, 15) is 0 Å². The molecule has 2 heterocycles. The summed E-state index contributed by atoms with van der Waals surface area (Å²) < 4.78 is 5.54. The molecule has 2 nitrogen and oxygen atoms in total. The topological polar surface area (TPSA) is 25.5 Å². The van der Waals surface area contributed by atoms with Crippen LogP contribution in [0.1, 0.15) is 39.0 Å². The van der Waals surface area contributed by atoms with Crippen molar-refractivity contribution in [3.63, 3.8) is 0 Å². The Morgan fingerprint density at radius 2 is 2.07 bits per heavy atom. The lowest BCUT2D eigenvalue weighted by Crippen LogP contribution is -2.26. The Kier molecular flexibility index (Phi) is 2.68. The van der Waals surface area contributed by atoms with Crippen LogP contribution in [0.4, 0.5) is 0 Å². The van der Waals surface area contributed by atoms with Gasteiger partial charge in [0, 0.05) is 17.7 Å². The zero-order valence-electron chi connectivity index (χ0n) is 9.95. The van der Waals surface area contributed by atoms with Gasteiger partial charge in [-0.1, -0.05) is 27.7 Å². The Bertz CT molecular complexity index is 374. The van der Waals surface area contributed by atoms with Gasteiger partial charge in [0.1, 0.15) is 5.76 Å². The van der Waals surface area contributed by atoms with Crippen LogP contribution in [0, 0.1) is 11.8 Å². The molecule has 0 aromatic carbocycles. The summed E-state index contributed by atoms with van der Waals surface area (Å²) in [5, 5.41) is 0. The fourth-order valence-electron chi connectivity index (χ4n) is 2.06. The van der Waals surface area contributed by atoms with E-state index in [1.165, 1.54) is 11.3 Å². The molecule has 1 aliphatic heterocycles. The van der Waals surface area contributed by atoms with Gasteiger partial charge in [-0.05, 0) is 17.9 Å². The third-order valence-electron chi connectivity index (χ3n) is 3.04. The van der Waals surface area contributed by atoms with Crippen LogP contribution in [0.5, 0.6) is 0 Å². The lowest BCUT2D eigenvalue weighted by atomic mass is 9.90. The number of fused-ring (bicyclic) bond motifs is 1. The highest BCUT2D eigenvalue weighted by atomic mass is 16.3. The summed E-state index contributed by atoms with van der Waals surface area (Å²) in [6.07, 6.45) is 2.74. The maximum atomic E-state index is 5.54. The first-order chi connectivity index (χ1) is 7.09. The van der Waals surface area contributed by atoms with Crippen LogP contribution in [-0.4, -0.2) is 11.8 Å². The van der Waals surface area contributed by atoms with Gasteiger partial charge in [0.25, 0.3) is 0 Å². The van der Waals surface area contributed by atoms with Crippen LogP contribution in [-0.2, 0) is 6.42 Å². The van der Waals surface area contributed by atoms with Crippen molar-refractivity contribution < 1.29 is 4.42 Å². The predicted molar refractivity (Wildman–Crippen MR) is 62.4 cm³/mol. The minimum atomic E-state index is 0.390. The molecule has 0 N–H and O–H groups in total. The summed E-state index contributed by atoms with van der Waals surface area (Å²) in [4.78, 5) is 4.85. The highest BCUT2D eigenvalue weighted by Gasteiger charge is 2.26. The van der Waals surface area contributed by atoms with E-state index < -0.39 is 0 Å². The molecule has 1 aromatic rings. The number of nitrogens with zero attached hydrogens (tertiary/aromatic N) is 1. The van der Waals surface area contributed by atoms with Crippen LogP contribution in [0.25, 0.3) is 0 Å². The highest BCUT2D eigenvalue weighted by molar-refractivity contribution is 6.03. The van der Waals surface area contributed by atoms with Crippen molar-refractivity contribution in [3.05, 3.63) is 23.7 Å². The minimum absolute atomic E-state index is 0.390. The van der Waals surface area contributed by atoms with Gasteiger partial charge >= 0.3 is 0 Å². The number of furan rings is 1. The van der Waals surface area contributed by atoms with Crippen molar-refractivity contribution in [2.75, 3.05) is 0 Å². The van der Waals surface area contributed by atoms with Crippen LogP contribution >= 0.6 is 0 Å². The van der Waals surface area contributed by atoms with Gasteiger partial charge in [-0.25, -0.2) is 0 Å². The zero-order chi connectivity index (χ0) is 11.0. The molecule has 1 atom stereocenters. The van der Waals surface area contributed by atoms with Crippen molar-refractivity contribution in [3.8, 4) is 0 Å². The van der Waals surface area contributed by atoms with Gasteiger partial charge in [-0.3, -0.25) is 4.99 Å². The lowest BCUT2D eigenvalue weighted by molar-refractivity contribution is 0.424. The molecule has 0 bridgehead atoms. The van der Waals surface area contributed by atoms with Crippen LogP contribution < -0.4 is 0 Å². The average molecular weight is 205 g/mol. The summed E-state index contributed by atoms with van der Waals surface area (Å²) in [6.45, 7) is 8.83. The highest BCUT2D eigenvalue weighted by Crippen LogP contribution is 2.27. The summed E-state index contributed by atoms with van der Waals surface area (Å²) >= 11 is 0. The van der Waals surface area contributed by atoms with Crippen molar-refractivity contribution in [1.82, 2.24) is 0 Å². The minimum Gasteiger partial charge on any atom is -0.469 e. The van der Waals surface area contributed by atoms with E-state index in [0.29, 0.717) is 17.9 Å². The second kappa shape index (κ2) is 3.84. The molecule has 0 aliphatic carbocycles. The van der Waals surface area contributed by atoms with E-state index >= 15 is 0 Å². The number of aliphatic imine (C=N–C) groups is 1. The van der Waals surface area contributed by atoms with Crippen molar-refractivity contribution in [2.45, 2.75) is 40.2 Å². The van der Waals surface area contributed by atoms with Gasteiger partial charge in [-0.2, -0.15) is 0 Å². The Labute approximate surface area is 91.4 Å². The summed E-state index contributed by atoms with van der Waals surface area (Å²) in [7, 11) is 0. The van der Waals surface area contributed by atoms with Crippen molar-refractivity contribution in [2.24, 2.45) is 16.8 Å². The second-order valence-corrected chi connectivity index (χ2v) is 4.94. The number of rotatable bonds is 2. The third-order valence-corrected chi connectivity index (χ3v) is 3.04. The molecule has 2 heteroatoms. The molecule has 1 aromatic heterocycles. The first-order valence-corrected chi connectivity index (χ1v) is 5.74. The maximum absolute atomic E-state index is 5.54. The van der Waals surface area contributed by atoms with Gasteiger partial charge < -0.3 is 4.42 Å². The van der Waals surface area contributed by atoms with E-state index in [0.717, 1.165) is 12.2 Å². The zero-order valence-corrected chi connectivity index (χ0v) is 9.95. The normalized spacial score (nSPS) is 20.7. The lowest BCUT2D eigenvalue weighted by Gasteiger charge is -2.24. The van der Waals surface area contributed by atoms with Gasteiger partial charge in [0.15, 0.2) is 0 Å². The first-order valence-electron chi connectivity index (χ1n) is 5.74. The molecule has 1 aliphatic rings. The Hall–Kier alpha value is -1.05. The molecule has 0 amide bonds. The Balaban J connectivity index is 2.40. The molecular weight excluding hydrogens is 186 g/mol. The molecule has 0 fully saturated rings. The van der Waals surface area contributed by atoms with Gasteiger partial charge in [0.2, 0.25) is 0 Å². The monoisotopic (exact) mass is 205 g/mol. The van der Waals surface area contributed by atoms with Crippen LogP contribution in [0.2, 0.25) is 0 Å². The maximum Gasteiger partial charge on any atom is 0.114 e. The molecule has 0 saturated carbocycles. The van der Waals surface area contributed by atoms with Crippen LogP contribution in [0.15, 0.2) is 21.7 Å². The van der Waals surface area contributed by atoms with E-state index in [1.54, 1.807) is 6.26 Å². The Morgan fingerprint density at radius 3 is 2.67 bits per heavy atom. The molecule has 0 saturated heterocycles. The second-order valence-electron chi connectivity index (χ2n) is 4.94. The molecule has 15 heavy (non-hydrogen) atoms. The molecule has 82 valence electrons. The summed E-state index contributed by atoms with van der Waals surface area (Å²) in [6, 6.07) is 2.44. The average Bonchev–Trinajstić information content (AvgIpc) is 2.62. The van der Waals surface area contributed by atoms with E-state index in [4.69, 9.17) is 9.41 Å². The fraction of sp³-hybridized carbons (Fsp3) is 0.615. The molecule has 0 spiro atoms. The number of hydrogen-bond donors (Lipinski definition) is 0. The molecule has 0 radical (unpaired) electrons. The first kappa shape index (κ1) is 10.5. The van der Waals surface area contributed by atoms with Crippen LogP contribution in [0.3, 0.4) is 0 Å². The third kappa shape index (κ3) is 1.85. The predicted octanol–water partition coefficient (Wildman–Crippen LogP) is 3.31. The molecular formula is C13H19NO. The van der Waals surface area contributed by atoms with E-state index in [2.05, 4.69) is 27.7 Å². The quantitative estimate of drug-likeness (QED) is 0.727. The van der Waals surface area contributed by atoms with Gasteiger partial charge in [0.05, 0.1) is 12.3 Å². The van der Waals surface area contributed by atoms with Crippen molar-refractivity contribution >= 4 is 5.71 Å². The number of hydrogen-bond acceptors (Lipinski definition) is 2. The van der Waals surface area contributed by atoms with Crippen molar-refractivity contribution in [1.29, 1.82) is 0 Å². The SMILES string of the molecule is CC(C)C1=NC(C(C)C)Cc2occc21. The molecule has 1 unspecified atom stereocenters. The van der Waals surface area contributed by atoms with E-state index in [1.807, 2.05) is 6.07 Å². The molecule has 2 rings (SSSR count). The largest absolute Gasteiger partial charge is 0.469 e. The van der Waals surface area contributed by atoms with Gasteiger partial charge in [-0.15, -0.1) is 0 Å². The summed E-state index contributed by atoms with van der Waals surface area (Å²) in [5.41, 5.74) is 2.44. The fourth-order valence-corrected chi connectivity index (χ4v) is 2.06.